The first-order valence-corrected chi connectivity index (χ1v) is 20.7. The van der Waals surface area contributed by atoms with E-state index < -0.39 is 0 Å². The highest BCUT2D eigenvalue weighted by Crippen LogP contribution is 2.50. The Morgan fingerprint density at radius 2 is 1.21 bits per heavy atom. The minimum absolute atomic E-state index is 1.03. The average molecular weight is 742 g/mol. The van der Waals surface area contributed by atoms with E-state index >= 15 is 0 Å². The number of rotatable bonds is 6. The predicted molar refractivity (Wildman–Crippen MR) is 252 cm³/mol. The van der Waals surface area contributed by atoms with Crippen LogP contribution in [-0.4, -0.2) is 0 Å². The second kappa shape index (κ2) is 14.2. The van der Waals surface area contributed by atoms with Gasteiger partial charge in [0.1, 0.15) is 0 Å². The molecule has 0 saturated heterocycles. The Bertz CT molecular complexity index is 3230. The maximum absolute atomic E-state index is 2.52. The van der Waals surface area contributed by atoms with Crippen molar-refractivity contribution >= 4 is 82.1 Å². The Morgan fingerprint density at radius 1 is 0.483 bits per heavy atom. The molecule has 0 saturated carbocycles. The van der Waals surface area contributed by atoms with Crippen LogP contribution in [0.4, 0.5) is 17.1 Å². The molecular formula is C57H43N. The van der Waals surface area contributed by atoms with E-state index in [2.05, 4.69) is 206 Å². The number of aryl methyl sites for hydroxylation is 1. The highest BCUT2D eigenvalue weighted by molar-refractivity contribution is 6.32. The van der Waals surface area contributed by atoms with Crippen LogP contribution in [0.1, 0.15) is 42.4 Å². The van der Waals surface area contributed by atoms with Crippen molar-refractivity contribution in [3.8, 4) is 11.1 Å². The first-order chi connectivity index (χ1) is 28.7. The minimum atomic E-state index is 1.03. The highest BCUT2D eigenvalue weighted by Gasteiger charge is 2.24. The van der Waals surface area contributed by atoms with Crippen molar-refractivity contribution in [2.24, 2.45) is 0 Å². The lowest BCUT2D eigenvalue weighted by molar-refractivity contribution is 1.04. The summed E-state index contributed by atoms with van der Waals surface area (Å²) in [5.74, 6) is 0. The van der Waals surface area contributed by atoms with Crippen LogP contribution in [0.3, 0.4) is 0 Å². The molecule has 0 radical (unpaired) electrons. The summed E-state index contributed by atoms with van der Waals surface area (Å²) in [4.78, 5) is 2.48. The third-order valence-corrected chi connectivity index (χ3v) is 12.3. The Morgan fingerprint density at radius 3 is 1.98 bits per heavy atom. The van der Waals surface area contributed by atoms with E-state index in [1.807, 2.05) is 0 Å². The fraction of sp³-hybridized carbons (Fsp3) is 0.0877. The van der Waals surface area contributed by atoms with Gasteiger partial charge >= 0.3 is 0 Å². The molecular weight excluding hydrogens is 699 g/mol. The smallest absolute Gasteiger partial charge is 0.0546 e. The van der Waals surface area contributed by atoms with Gasteiger partial charge in [-0.25, -0.2) is 0 Å². The summed E-state index contributed by atoms with van der Waals surface area (Å²) in [6.07, 6.45) is 18.3. The zero-order valence-electron chi connectivity index (χ0n) is 32.8. The van der Waals surface area contributed by atoms with Crippen LogP contribution < -0.4 is 4.90 Å². The standard InChI is InChI=1S/C57H43N/c1-38-18-17-26-43(34-38)58(54-35-42-25-11-12-27-45(42)46-28-13-15-30-48(46)54)44-32-33-50-53(36-44)47-29-14-16-31-49(47)56-52(40-21-7-3-8-22-40)37-51(39-19-5-2-6-20-39)55(57(50)56)41-23-9-4-10-24-41/h3-5,7,9-21,23-37H,2,6,8,22H2,1H3. The molecule has 9 aromatic rings. The van der Waals surface area contributed by atoms with Crippen molar-refractivity contribution in [2.45, 2.75) is 32.6 Å². The minimum Gasteiger partial charge on any atom is -0.310 e. The van der Waals surface area contributed by atoms with E-state index in [1.54, 1.807) is 0 Å². The van der Waals surface area contributed by atoms with Gasteiger partial charge in [0.15, 0.2) is 0 Å². The molecule has 1 heteroatoms. The van der Waals surface area contributed by atoms with Crippen LogP contribution >= 0.6 is 0 Å². The summed E-state index contributed by atoms with van der Waals surface area (Å²) < 4.78 is 0. The van der Waals surface area contributed by atoms with Gasteiger partial charge in [-0.3, -0.25) is 0 Å². The van der Waals surface area contributed by atoms with Crippen molar-refractivity contribution in [3.63, 3.8) is 0 Å². The summed E-state index contributed by atoms with van der Waals surface area (Å²) in [6.45, 7) is 2.19. The monoisotopic (exact) mass is 741 g/mol. The number of benzene rings is 9. The lowest BCUT2D eigenvalue weighted by atomic mass is 9.79. The first-order valence-electron chi connectivity index (χ1n) is 20.7. The Kier molecular flexibility index (Phi) is 8.40. The summed E-state index contributed by atoms with van der Waals surface area (Å²) in [6, 6.07) is 59.0. The van der Waals surface area contributed by atoms with Gasteiger partial charge in [-0.2, -0.15) is 0 Å². The third-order valence-electron chi connectivity index (χ3n) is 12.3. The largest absolute Gasteiger partial charge is 0.310 e. The average Bonchev–Trinajstić information content (AvgIpc) is 3.29. The molecule has 0 bridgehead atoms. The highest BCUT2D eigenvalue weighted by atomic mass is 15.1. The van der Waals surface area contributed by atoms with E-state index in [9.17, 15) is 0 Å². The first kappa shape index (κ1) is 34.3. The van der Waals surface area contributed by atoms with Gasteiger partial charge in [-0.05, 0) is 156 Å². The fourth-order valence-electron chi connectivity index (χ4n) is 9.72. The van der Waals surface area contributed by atoms with E-state index in [0.29, 0.717) is 0 Å². The second-order valence-electron chi connectivity index (χ2n) is 15.9. The van der Waals surface area contributed by atoms with Crippen molar-refractivity contribution in [1.82, 2.24) is 0 Å². The van der Waals surface area contributed by atoms with Gasteiger partial charge in [0.05, 0.1) is 5.69 Å². The molecule has 0 atom stereocenters. The summed E-state index contributed by atoms with van der Waals surface area (Å²) in [5, 5.41) is 12.8. The molecule has 0 unspecified atom stereocenters. The zero-order valence-corrected chi connectivity index (χ0v) is 32.8. The van der Waals surface area contributed by atoms with E-state index in [4.69, 9.17) is 0 Å². The van der Waals surface area contributed by atoms with E-state index in [-0.39, 0.29) is 0 Å². The molecule has 276 valence electrons. The topological polar surface area (TPSA) is 3.24 Å². The Balaban J connectivity index is 1.29. The molecule has 2 aliphatic rings. The van der Waals surface area contributed by atoms with E-state index in [1.165, 1.54) is 98.5 Å². The molecule has 0 N–H and O–H groups in total. The number of anilines is 3. The summed E-state index contributed by atoms with van der Waals surface area (Å²) in [5.41, 5.74) is 12.6. The van der Waals surface area contributed by atoms with Crippen LogP contribution in [0.2, 0.25) is 0 Å². The molecule has 11 rings (SSSR count). The lowest BCUT2D eigenvalue weighted by Crippen LogP contribution is -2.11. The molecule has 2 aliphatic carbocycles. The van der Waals surface area contributed by atoms with Crippen molar-refractivity contribution in [3.05, 3.63) is 211 Å². The Hall–Kier alpha value is -6.96. The van der Waals surface area contributed by atoms with Gasteiger partial charge < -0.3 is 4.90 Å². The maximum Gasteiger partial charge on any atom is 0.0546 e. The van der Waals surface area contributed by atoms with Gasteiger partial charge in [0, 0.05) is 16.8 Å². The second-order valence-corrected chi connectivity index (χ2v) is 15.9. The van der Waals surface area contributed by atoms with Crippen LogP contribution in [0.15, 0.2) is 194 Å². The summed E-state index contributed by atoms with van der Waals surface area (Å²) >= 11 is 0. The molecule has 0 aromatic heterocycles. The molecule has 9 aromatic carbocycles. The van der Waals surface area contributed by atoms with Crippen molar-refractivity contribution in [1.29, 1.82) is 0 Å². The van der Waals surface area contributed by atoms with Gasteiger partial charge in [0.25, 0.3) is 0 Å². The van der Waals surface area contributed by atoms with Crippen LogP contribution in [0, 0.1) is 6.92 Å². The van der Waals surface area contributed by atoms with Crippen LogP contribution in [0.5, 0.6) is 0 Å². The Labute approximate surface area is 340 Å². The van der Waals surface area contributed by atoms with Crippen LogP contribution in [0.25, 0.3) is 76.1 Å². The van der Waals surface area contributed by atoms with Crippen molar-refractivity contribution in [2.75, 3.05) is 4.90 Å². The van der Waals surface area contributed by atoms with Gasteiger partial charge in [-0.15, -0.1) is 0 Å². The quantitative estimate of drug-likeness (QED) is 0.153. The van der Waals surface area contributed by atoms with Gasteiger partial charge in [-0.1, -0.05) is 158 Å². The maximum atomic E-state index is 2.52. The predicted octanol–water partition coefficient (Wildman–Crippen LogP) is 16.4. The fourth-order valence-corrected chi connectivity index (χ4v) is 9.72. The normalized spacial score (nSPS) is 14.1. The van der Waals surface area contributed by atoms with Gasteiger partial charge in [0.2, 0.25) is 0 Å². The number of fused-ring (bicyclic) bond motifs is 9. The molecule has 0 amide bonds. The zero-order chi connectivity index (χ0) is 38.6. The molecule has 0 spiro atoms. The molecule has 0 heterocycles. The number of nitrogens with zero attached hydrogens (tertiary/aromatic N) is 1. The van der Waals surface area contributed by atoms with Crippen LogP contribution in [-0.2, 0) is 0 Å². The SMILES string of the molecule is Cc1cccc(N(c2ccc3c(c2)c2ccccc2c2c(C4=CC=CCC4)cc(C4=CCCC=C4)c(-c4ccccc4)c32)c2cc3ccccc3c3ccccc23)c1. The third kappa shape index (κ3) is 5.69. The van der Waals surface area contributed by atoms with E-state index in [0.717, 1.165) is 37.1 Å². The lowest BCUT2D eigenvalue weighted by Gasteiger charge is -2.29. The molecule has 58 heavy (non-hydrogen) atoms. The molecule has 1 nitrogen and oxygen atoms in total. The number of hydrogen-bond acceptors (Lipinski definition) is 1. The molecule has 0 fully saturated rings. The number of allylic oxidation sites excluding steroid dienone is 8. The van der Waals surface area contributed by atoms with Crippen molar-refractivity contribution < 1.29 is 0 Å². The number of hydrogen-bond donors (Lipinski definition) is 0. The molecule has 0 aliphatic heterocycles. The summed E-state index contributed by atoms with van der Waals surface area (Å²) in [7, 11) is 0.